The Bertz CT molecular complexity index is 687. The molecular weight excluding hydrogens is 380 g/mol. The van der Waals surface area contributed by atoms with Crippen molar-refractivity contribution in [3.8, 4) is 0 Å². The predicted molar refractivity (Wildman–Crippen MR) is 97.7 cm³/mol. The lowest BCUT2D eigenvalue weighted by Crippen LogP contribution is -2.47. The second kappa shape index (κ2) is 6.88. The first-order valence-electron chi connectivity index (χ1n) is 7.36. The molecule has 3 rings (SSSR count). The average molecular weight is 398 g/mol. The third-order valence-electron chi connectivity index (χ3n) is 3.74. The fourth-order valence-corrected chi connectivity index (χ4v) is 3.25. The van der Waals surface area contributed by atoms with Gasteiger partial charge in [-0.25, -0.2) is 9.97 Å². The molecule has 0 unspecified atom stereocenters. The molecule has 2 aromatic rings. The van der Waals surface area contributed by atoms with Crippen LogP contribution in [-0.4, -0.2) is 55.2 Å². The van der Waals surface area contributed by atoms with E-state index in [0.717, 1.165) is 48.2 Å². The van der Waals surface area contributed by atoms with Gasteiger partial charge in [-0.2, -0.15) is 4.98 Å². The van der Waals surface area contributed by atoms with Crippen LogP contribution in [0.3, 0.4) is 0 Å². The zero-order chi connectivity index (χ0) is 16.4. The van der Waals surface area contributed by atoms with Crippen molar-refractivity contribution in [3.05, 3.63) is 34.0 Å². The van der Waals surface area contributed by atoms with Crippen molar-refractivity contribution < 1.29 is 0 Å². The Morgan fingerprint density at radius 1 is 1.13 bits per heavy atom. The number of aromatic nitrogens is 3. The van der Waals surface area contributed by atoms with E-state index in [-0.39, 0.29) is 0 Å². The van der Waals surface area contributed by atoms with Crippen LogP contribution in [0.25, 0.3) is 0 Å². The van der Waals surface area contributed by atoms with Crippen LogP contribution >= 0.6 is 27.5 Å². The number of nitrogens with zero attached hydrogens (tertiary/aromatic N) is 6. The van der Waals surface area contributed by atoms with Gasteiger partial charge in [-0.15, -0.1) is 0 Å². The summed E-state index contributed by atoms with van der Waals surface area (Å²) in [6.07, 6.45) is 3.58. The molecule has 0 N–H and O–H groups in total. The molecule has 1 aliphatic heterocycles. The van der Waals surface area contributed by atoms with Crippen molar-refractivity contribution in [2.75, 3.05) is 55.0 Å². The van der Waals surface area contributed by atoms with E-state index in [9.17, 15) is 0 Å². The Hall–Kier alpha value is -1.60. The van der Waals surface area contributed by atoms with E-state index in [1.54, 1.807) is 12.4 Å². The Morgan fingerprint density at radius 3 is 2.48 bits per heavy atom. The summed E-state index contributed by atoms with van der Waals surface area (Å²) in [5.41, 5.74) is 0. The molecule has 0 atom stereocenters. The van der Waals surface area contributed by atoms with Gasteiger partial charge in [-0.05, 0) is 28.1 Å². The van der Waals surface area contributed by atoms with E-state index in [4.69, 9.17) is 11.6 Å². The maximum absolute atomic E-state index is 6.29. The van der Waals surface area contributed by atoms with E-state index < -0.39 is 0 Å². The van der Waals surface area contributed by atoms with Gasteiger partial charge in [0, 0.05) is 57.1 Å². The third kappa shape index (κ3) is 3.67. The molecule has 1 saturated heterocycles. The van der Waals surface area contributed by atoms with E-state index in [2.05, 4.69) is 40.7 Å². The molecule has 0 saturated carbocycles. The standard InChI is InChI=1S/C15H18BrClN6/c1-21(2)13-3-4-18-15(20-13)23-7-5-22(6-8-23)14-12(17)9-11(16)10-19-14/h3-4,9-10H,5-8H2,1-2H3. The summed E-state index contributed by atoms with van der Waals surface area (Å²) in [6, 6.07) is 3.78. The molecule has 6 nitrogen and oxygen atoms in total. The largest absolute Gasteiger partial charge is 0.363 e. The minimum absolute atomic E-state index is 0.665. The highest BCUT2D eigenvalue weighted by molar-refractivity contribution is 9.10. The Labute approximate surface area is 149 Å². The number of pyridine rings is 1. The maximum atomic E-state index is 6.29. The van der Waals surface area contributed by atoms with Gasteiger partial charge in [-0.3, -0.25) is 0 Å². The van der Waals surface area contributed by atoms with Crippen LogP contribution in [0.1, 0.15) is 0 Å². The van der Waals surface area contributed by atoms with Crippen molar-refractivity contribution in [3.63, 3.8) is 0 Å². The SMILES string of the molecule is CN(C)c1ccnc(N2CCN(c3ncc(Br)cc3Cl)CC2)n1. The lowest BCUT2D eigenvalue weighted by atomic mass is 10.3. The molecule has 1 fully saturated rings. The monoisotopic (exact) mass is 396 g/mol. The molecule has 0 aromatic carbocycles. The van der Waals surface area contributed by atoms with Crippen LogP contribution in [-0.2, 0) is 0 Å². The molecule has 0 amide bonds. The second-order valence-corrected chi connectivity index (χ2v) is 6.87. The topological polar surface area (TPSA) is 48.4 Å². The Morgan fingerprint density at radius 2 is 1.83 bits per heavy atom. The molecule has 8 heteroatoms. The summed E-state index contributed by atoms with van der Waals surface area (Å²) in [4.78, 5) is 19.8. The minimum Gasteiger partial charge on any atom is -0.363 e. The van der Waals surface area contributed by atoms with E-state index in [1.807, 2.05) is 31.1 Å². The van der Waals surface area contributed by atoms with Crippen molar-refractivity contribution in [1.29, 1.82) is 0 Å². The quantitative estimate of drug-likeness (QED) is 0.793. The summed E-state index contributed by atoms with van der Waals surface area (Å²) in [5, 5.41) is 0.665. The van der Waals surface area contributed by atoms with Crippen LogP contribution in [0.15, 0.2) is 29.0 Å². The third-order valence-corrected chi connectivity index (χ3v) is 4.45. The number of rotatable bonds is 3. The summed E-state index contributed by atoms with van der Waals surface area (Å²) < 4.78 is 0.888. The van der Waals surface area contributed by atoms with Gasteiger partial charge >= 0.3 is 0 Å². The fourth-order valence-electron chi connectivity index (χ4n) is 2.50. The Balaban J connectivity index is 1.70. The lowest BCUT2D eigenvalue weighted by molar-refractivity contribution is 0.634. The molecule has 0 spiro atoms. The number of piperazine rings is 1. The smallest absolute Gasteiger partial charge is 0.227 e. The normalized spacial score (nSPS) is 15.0. The summed E-state index contributed by atoms with van der Waals surface area (Å²) >= 11 is 9.68. The van der Waals surface area contributed by atoms with E-state index in [1.165, 1.54) is 0 Å². The molecular formula is C15H18BrClN6. The molecule has 0 radical (unpaired) electrons. The van der Waals surface area contributed by atoms with Crippen LogP contribution < -0.4 is 14.7 Å². The van der Waals surface area contributed by atoms with Crippen LogP contribution in [0, 0.1) is 0 Å². The van der Waals surface area contributed by atoms with Crippen LogP contribution in [0.4, 0.5) is 17.6 Å². The maximum Gasteiger partial charge on any atom is 0.227 e. The minimum atomic E-state index is 0.665. The Kier molecular flexibility index (Phi) is 4.87. The van der Waals surface area contributed by atoms with Crippen molar-refractivity contribution in [1.82, 2.24) is 15.0 Å². The number of halogens is 2. The highest BCUT2D eigenvalue weighted by Gasteiger charge is 2.22. The lowest BCUT2D eigenvalue weighted by Gasteiger charge is -2.35. The zero-order valence-electron chi connectivity index (χ0n) is 13.1. The van der Waals surface area contributed by atoms with Crippen LogP contribution in [0.2, 0.25) is 5.02 Å². The van der Waals surface area contributed by atoms with Gasteiger partial charge in [0.05, 0.1) is 5.02 Å². The number of anilines is 3. The summed E-state index contributed by atoms with van der Waals surface area (Å²) in [5.74, 6) is 2.51. The fraction of sp³-hybridized carbons (Fsp3) is 0.400. The van der Waals surface area contributed by atoms with Gasteiger partial charge in [-0.1, -0.05) is 11.6 Å². The van der Waals surface area contributed by atoms with Crippen LogP contribution in [0.5, 0.6) is 0 Å². The van der Waals surface area contributed by atoms with E-state index in [0.29, 0.717) is 5.02 Å². The van der Waals surface area contributed by atoms with Crippen molar-refractivity contribution >= 4 is 45.1 Å². The van der Waals surface area contributed by atoms with E-state index >= 15 is 0 Å². The van der Waals surface area contributed by atoms with Gasteiger partial charge in [0.2, 0.25) is 5.95 Å². The molecule has 3 heterocycles. The molecule has 122 valence electrons. The van der Waals surface area contributed by atoms with Crippen molar-refractivity contribution in [2.45, 2.75) is 0 Å². The predicted octanol–water partition coefficient (Wildman–Crippen LogP) is 2.68. The number of hydrogen-bond acceptors (Lipinski definition) is 6. The highest BCUT2D eigenvalue weighted by atomic mass is 79.9. The zero-order valence-corrected chi connectivity index (χ0v) is 15.4. The van der Waals surface area contributed by atoms with Gasteiger partial charge < -0.3 is 14.7 Å². The number of hydrogen-bond donors (Lipinski definition) is 0. The van der Waals surface area contributed by atoms with Gasteiger partial charge in [0.1, 0.15) is 11.6 Å². The first kappa shape index (κ1) is 16.3. The molecule has 23 heavy (non-hydrogen) atoms. The second-order valence-electron chi connectivity index (χ2n) is 5.54. The summed E-state index contributed by atoms with van der Waals surface area (Å²) in [7, 11) is 3.95. The first-order valence-corrected chi connectivity index (χ1v) is 8.53. The average Bonchev–Trinajstić information content (AvgIpc) is 2.55. The molecule has 0 bridgehead atoms. The molecule has 1 aliphatic rings. The van der Waals surface area contributed by atoms with Gasteiger partial charge in [0.15, 0.2) is 0 Å². The first-order chi connectivity index (χ1) is 11.0. The van der Waals surface area contributed by atoms with Gasteiger partial charge in [0.25, 0.3) is 0 Å². The highest BCUT2D eigenvalue weighted by Crippen LogP contribution is 2.27. The molecule has 0 aliphatic carbocycles. The molecule has 2 aromatic heterocycles. The van der Waals surface area contributed by atoms with Crippen molar-refractivity contribution in [2.24, 2.45) is 0 Å². The summed E-state index contributed by atoms with van der Waals surface area (Å²) in [6.45, 7) is 3.35.